The molecule has 110 valence electrons. The maximum atomic E-state index is 10.3. The lowest BCUT2D eigenvalue weighted by atomic mass is 9.94. The standard InChI is InChI=1S/C13H24O5Si/c1-7-13(16)9(18-11(15)10(13)14)8-17-19(5,6)12(2,3)4/h1,9-11,14-16H,8H2,2-6H3/t9-,10+,11?,13-/m1/s1/i1D. The van der Waals surface area contributed by atoms with E-state index < -0.39 is 32.4 Å². The molecule has 0 bridgehead atoms. The summed E-state index contributed by atoms with van der Waals surface area (Å²) in [6, 6.07) is 0. The van der Waals surface area contributed by atoms with E-state index in [9.17, 15) is 15.3 Å². The normalized spacial score (nSPS) is 36.6. The SMILES string of the molecule is [2H]C#C[C@@]1(O)[C@@H](CO[Si](C)(C)C(C)(C)C)OC(O)[C@@H]1O. The van der Waals surface area contributed by atoms with Crippen LogP contribution in [0.25, 0.3) is 0 Å². The molecule has 0 aromatic heterocycles. The molecule has 1 unspecified atom stereocenters. The molecular weight excluding hydrogens is 264 g/mol. The molecular formula is C13H24O5Si. The summed E-state index contributed by atoms with van der Waals surface area (Å²) in [5.74, 6) is 2.20. The van der Waals surface area contributed by atoms with Gasteiger partial charge in [0.05, 0.1) is 6.61 Å². The Hall–Kier alpha value is -0.423. The molecule has 3 N–H and O–H groups in total. The highest BCUT2D eigenvalue weighted by Crippen LogP contribution is 2.38. The first-order valence-corrected chi connectivity index (χ1v) is 9.18. The van der Waals surface area contributed by atoms with Crippen molar-refractivity contribution in [3.63, 3.8) is 0 Å². The van der Waals surface area contributed by atoms with Gasteiger partial charge in [0.25, 0.3) is 0 Å². The van der Waals surface area contributed by atoms with Crippen LogP contribution in [0.3, 0.4) is 0 Å². The number of rotatable bonds is 3. The fraction of sp³-hybridized carbons (Fsp3) is 0.846. The van der Waals surface area contributed by atoms with Gasteiger partial charge < -0.3 is 24.5 Å². The first-order valence-electron chi connectivity index (χ1n) is 6.77. The Bertz CT molecular complexity index is 411. The van der Waals surface area contributed by atoms with Gasteiger partial charge >= 0.3 is 0 Å². The van der Waals surface area contributed by atoms with Gasteiger partial charge in [-0.15, -0.1) is 6.40 Å². The summed E-state index contributed by atoms with van der Waals surface area (Å²) in [4.78, 5) is 0. The number of ether oxygens (including phenoxy) is 1. The molecule has 1 rings (SSSR count). The van der Waals surface area contributed by atoms with E-state index in [1.54, 1.807) is 0 Å². The van der Waals surface area contributed by atoms with Crippen LogP contribution in [0.15, 0.2) is 0 Å². The quantitative estimate of drug-likeness (QED) is 0.519. The second kappa shape index (κ2) is 5.17. The van der Waals surface area contributed by atoms with E-state index in [1.165, 1.54) is 0 Å². The van der Waals surface area contributed by atoms with Crippen LogP contribution in [0.4, 0.5) is 0 Å². The zero-order valence-corrected chi connectivity index (χ0v) is 13.1. The first kappa shape index (κ1) is 15.0. The average Bonchev–Trinajstić information content (AvgIpc) is 2.50. The Morgan fingerprint density at radius 2 is 2.05 bits per heavy atom. The van der Waals surface area contributed by atoms with Gasteiger partial charge in [-0.05, 0) is 18.1 Å². The van der Waals surface area contributed by atoms with Crippen LogP contribution >= 0.6 is 0 Å². The molecule has 0 radical (unpaired) electrons. The number of aliphatic hydroxyl groups excluding tert-OH is 2. The van der Waals surface area contributed by atoms with Crippen molar-refractivity contribution in [1.82, 2.24) is 0 Å². The van der Waals surface area contributed by atoms with E-state index in [0.29, 0.717) is 0 Å². The smallest absolute Gasteiger partial charge is 0.192 e. The molecule has 1 heterocycles. The molecule has 0 saturated carbocycles. The maximum absolute atomic E-state index is 10.3. The number of hydrogen-bond acceptors (Lipinski definition) is 5. The van der Waals surface area contributed by atoms with Crippen LogP contribution in [-0.2, 0) is 9.16 Å². The van der Waals surface area contributed by atoms with E-state index in [0.717, 1.165) is 0 Å². The summed E-state index contributed by atoms with van der Waals surface area (Å²) >= 11 is 0. The minimum atomic E-state index is -2.05. The van der Waals surface area contributed by atoms with Crippen LogP contribution in [0.5, 0.6) is 0 Å². The number of aliphatic hydroxyl groups is 3. The molecule has 0 spiro atoms. The molecule has 4 atom stereocenters. The highest BCUT2D eigenvalue weighted by Gasteiger charge is 2.55. The van der Waals surface area contributed by atoms with E-state index >= 15 is 0 Å². The third-order valence-corrected chi connectivity index (χ3v) is 8.62. The molecule has 6 heteroatoms. The van der Waals surface area contributed by atoms with Gasteiger partial charge in [0.15, 0.2) is 20.2 Å². The summed E-state index contributed by atoms with van der Waals surface area (Å²) < 4.78 is 17.9. The van der Waals surface area contributed by atoms with Crippen LogP contribution in [-0.4, -0.2) is 54.3 Å². The Labute approximate surface area is 117 Å². The van der Waals surface area contributed by atoms with Crippen molar-refractivity contribution < 1.29 is 25.9 Å². The fourth-order valence-electron chi connectivity index (χ4n) is 1.58. The minimum absolute atomic E-state index is 0.00971. The average molecular weight is 289 g/mol. The van der Waals surface area contributed by atoms with E-state index in [1.807, 2.05) is 19.5 Å². The zero-order chi connectivity index (χ0) is 15.8. The molecule has 1 saturated heterocycles. The summed E-state index contributed by atoms with van der Waals surface area (Å²) in [6.45, 7) is 10.3. The summed E-state index contributed by atoms with van der Waals surface area (Å²) in [7, 11) is -2.05. The lowest BCUT2D eigenvalue weighted by Gasteiger charge is -2.37. The van der Waals surface area contributed by atoms with Crippen LogP contribution < -0.4 is 0 Å². The molecule has 0 aliphatic carbocycles. The highest BCUT2D eigenvalue weighted by molar-refractivity contribution is 6.74. The summed E-state index contributed by atoms with van der Waals surface area (Å²) in [5, 5.41) is 29.6. The van der Waals surface area contributed by atoms with Crippen molar-refractivity contribution in [2.75, 3.05) is 6.61 Å². The van der Waals surface area contributed by atoms with Crippen molar-refractivity contribution in [3.05, 3.63) is 0 Å². The van der Waals surface area contributed by atoms with Gasteiger partial charge in [-0.3, -0.25) is 0 Å². The van der Waals surface area contributed by atoms with Crippen LogP contribution in [0.2, 0.25) is 18.1 Å². The van der Waals surface area contributed by atoms with Gasteiger partial charge in [0.1, 0.15) is 13.6 Å². The van der Waals surface area contributed by atoms with Crippen molar-refractivity contribution in [2.45, 2.75) is 63.0 Å². The van der Waals surface area contributed by atoms with Crippen LogP contribution in [0, 0.1) is 12.3 Å². The Morgan fingerprint density at radius 3 is 2.53 bits per heavy atom. The van der Waals surface area contributed by atoms with Gasteiger partial charge in [-0.1, -0.05) is 26.7 Å². The second-order valence-corrected chi connectivity index (χ2v) is 11.3. The maximum Gasteiger partial charge on any atom is 0.192 e. The van der Waals surface area contributed by atoms with Crippen LogP contribution in [0.1, 0.15) is 22.1 Å². The molecule has 0 amide bonds. The van der Waals surface area contributed by atoms with Gasteiger partial charge in [0, 0.05) is 0 Å². The van der Waals surface area contributed by atoms with Crippen molar-refractivity contribution in [1.29, 1.82) is 0 Å². The zero-order valence-electron chi connectivity index (χ0n) is 13.1. The lowest BCUT2D eigenvalue weighted by Crippen LogP contribution is -2.51. The van der Waals surface area contributed by atoms with Gasteiger partial charge in [0.2, 0.25) is 0 Å². The number of terminal acetylenes is 1. The summed E-state index contributed by atoms with van der Waals surface area (Å²) in [5.41, 5.74) is -1.98. The Morgan fingerprint density at radius 1 is 1.47 bits per heavy atom. The topological polar surface area (TPSA) is 79.2 Å². The third-order valence-electron chi connectivity index (χ3n) is 4.12. The molecule has 0 aromatic carbocycles. The minimum Gasteiger partial charge on any atom is -0.414 e. The van der Waals surface area contributed by atoms with Gasteiger partial charge in [-0.25, -0.2) is 0 Å². The Kier molecular flexibility index (Phi) is 4.07. The largest absolute Gasteiger partial charge is 0.414 e. The molecule has 5 nitrogen and oxygen atoms in total. The van der Waals surface area contributed by atoms with E-state index in [4.69, 9.17) is 10.5 Å². The lowest BCUT2D eigenvalue weighted by molar-refractivity contribution is -0.132. The molecule has 19 heavy (non-hydrogen) atoms. The third kappa shape index (κ3) is 3.02. The number of hydrogen-bond donors (Lipinski definition) is 3. The first-order chi connectivity index (χ1) is 8.95. The molecule has 0 aromatic rings. The fourth-order valence-corrected chi connectivity index (χ4v) is 2.58. The van der Waals surface area contributed by atoms with Crippen molar-refractivity contribution in [3.8, 4) is 12.3 Å². The van der Waals surface area contributed by atoms with Crippen molar-refractivity contribution in [2.24, 2.45) is 0 Å². The van der Waals surface area contributed by atoms with E-state index in [-0.39, 0.29) is 11.6 Å². The molecule has 1 fully saturated rings. The Balaban J connectivity index is 2.84. The van der Waals surface area contributed by atoms with Gasteiger partial charge in [-0.2, -0.15) is 0 Å². The summed E-state index contributed by atoms with van der Waals surface area (Å²) in [6.07, 6.45) is -2.28. The predicted molar refractivity (Wildman–Crippen MR) is 73.8 cm³/mol. The second-order valence-electron chi connectivity index (χ2n) is 6.48. The molecule has 1 aliphatic heterocycles. The van der Waals surface area contributed by atoms with E-state index in [2.05, 4.69) is 26.7 Å². The molecule has 1 aliphatic rings. The predicted octanol–water partition coefficient (Wildman–Crippen LogP) is 0.451. The van der Waals surface area contributed by atoms with Crippen molar-refractivity contribution >= 4 is 8.32 Å². The monoisotopic (exact) mass is 289 g/mol. The highest BCUT2D eigenvalue weighted by atomic mass is 28.4.